The molecule has 4 heterocycles. The van der Waals surface area contributed by atoms with Crippen LogP contribution in [0.1, 0.15) is 52.7 Å². The van der Waals surface area contributed by atoms with E-state index in [4.69, 9.17) is 9.72 Å². The summed E-state index contributed by atoms with van der Waals surface area (Å²) in [6.45, 7) is 14.3. The third-order valence-electron chi connectivity index (χ3n) is 15.0. The molecule has 76 heavy (non-hydrogen) atoms. The summed E-state index contributed by atoms with van der Waals surface area (Å²) in [6.07, 6.45) is 1.95. The number of aromatic nitrogens is 2. The molecule has 0 saturated heterocycles. The van der Waals surface area contributed by atoms with E-state index in [1.165, 1.54) is 81.3 Å². The highest BCUT2D eigenvalue weighted by atomic mass is 32.1. The van der Waals surface area contributed by atoms with Crippen molar-refractivity contribution in [3.05, 3.63) is 242 Å². The van der Waals surface area contributed by atoms with Gasteiger partial charge in [0.25, 0.3) is 0 Å². The van der Waals surface area contributed by atoms with Gasteiger partial charge in [0.1, 0.15) is 24.0 Å². The Hall–Kier alpha value is -8.71. The molecule has 0 aliphatic carbocycles. The monoisotopic (exact) mass is 1000 g/mol. The van der Waals surface area contributed by atoms with Gasteiger partial charge in [-0.15, -0.1) is 11.3 Å². The Morgan fingerprint density at radius 3 is 1.67 bits per heavy atom. The van der Waals surface area contributed by atoms with Crippen molar-refractivity contribution in [2.45, 2.75) is 52.4 Å². The van der Waals surface area contributed by atoms with Gasteiger partial charge in [-0.3, -0.25) is 4.57 Å². The molecule has 0 fully saturated rings. The summed E-state index contributed by atoms with van der Waals surface area (Å²) >= 11 is 1.84. The number of para-hydroxylation sites is 2. The number of fused-ring (bicyclic) bond motifs is 6. The molecular formula is C70H58N4OS. The van der Waals surface area contributed by atoms with Gasteiger partial charge in [0.2, 0.25) is 0 Å². The van der Waals surface area contributed by atoms with E-state index in [1.54, 1.807) is 0 Å². The number of anilines is 4. The molecule has 0 saturated carbocycles. The summed E-state index contributed by atoms with van der Waals surface area (Å²) in [5.41, 5.74) is 18.5. The van der Waals surface area contributed by atoms with Crippen LogP contribution in [0.15, 0.2) is 231 Å². The van der Waals surface area contributed by atoms with Crippen molar-refractivity contribution in [1.82, 2.24) is 9.55 Å². The van der Waals surface area contributed by atoms with E-state index in [2.05, 4.69) is 280 Å². The Balaban J connectivity index is 0.930. The molecule has 0 unspecified atom stereocenters. The van der Waals surface area contributed by atoms with Gasteiger partial charge >= 0.3 is 0 Å². The maximum Gasteiger partial charge on any atom is 0.137 e. The van der Waals surface area contributed by atoms with Crippen LogP contribution in [0.2, 0.25) is 0 Å². The third-order valence-corrected chi connectivity index (χ3v) is 16.2. The molecule has 13 rings (SSSR count). The molecule has 0 spiro atoms. The predicted molar refractivity (Wildman–Crippen MR) is 322 cm³/mol. The summed E-state index contributed by atoms with van der Waals surface area (Å²) < 4.78 is 11.8. The third kappa shape index (κ3) is 8.49. The molecule has 0 amide bonds. The Bertz CT molecular complexity index is 4050. The Labute approximate surface area is 449 Å². The van der Waals surface area contributed by atoms with Gasteiger partial charge in [-0.05, 0) is 134 Å². The highest BCUT2D eigenvalue weighted by Gasteiger charge is 2.33. The normalized spacial score (nSPS) is 12.8. The number of thiophene rings is 1. The lowest BCUT2D eigenvalue weighted by Gasteiger charge is -2.30. The van der Waals surface area contributed by atoms with Crippen molar-refractivity contribution in [2.24, 2.45) is 0 Å². The topological polar surface area (TPSA) is 33.5 Å². The first-order valence-electron chi connectivity index (χ1n) is 26.3. The minimum atomic E-state index is -0.127. The number of pyridine rings is 1. The lowest BCUT2D eigenvalue weighted by atomic mass is 9.81. The van der Waals surface area contributed by atoms with E-state index < -0.39 is 0 Å². The van der Waals surface area contributed by atoms with Crippen molar-refractivity contribution in [3.63, 3.8) is 0 Å². The molecule has 370 valence electrons. The smallest absolute Gasteiger partial charge is 0.137 e. The van der Waals surface area contributed by atoms with Gasteiger partial charge in [-0.2, -0.15) is 0 Å². The summed E-state index contributed by atoms with van der Waals surface area (Å²) in [4.78, 5) is 9.97. The molecule has 0 N–H and O–H groups in total. The van der Waals surface area contributed by atoms with Crippen LogP contribution < -0.4 is 14.5 Å². The van der Waals surface area contributed by atoms with Crippen molar-refractivity contribution in [3.8, 4) is 61.8 Å². The molecule has 1 aliphatic heterocycles. The van der Waals surface area contributed by atoms with E-state index in [0.29, 0.717) is 6.67 Å². The molecular weight excluding hydrogens is 945 g/mol. The van der Waals surface area contributed by atoms with Crippen LogP contribution in [0.5, 0.6) is 11.5 Å². The first kappa shape index (κ1) is 47.0. The largest absolute Gasteiger partial charge is 0.457 e. The molecule has 12 aromatic rings. The van der Waals surface area contributed by atoms with Crippen molar-refractivity contribution in [1.29, 1.82) is 0 Å². The van der Waals surface area contributed by atoms with Gasteiger partial charge in [-0.25, -0.2) is 4.98 Å². The number of hydrogen-bond donors (Lipinski definition) is 0. The quantitative estimate of drug-likeness (QED) is 0.144. The van der Waals surface area contributed by atoms with Crippen molar-refractivity contribution < 1.29 is 4.74 Å². The zero-order valence-corrected chi connectivity index (χ0v) is 44.6. The number of nitrogens with zero attached hydrogens (tertiary/aromatic N) is 4. The lowest BCUT2D eigenvalue weighted by Crippen LogP contribution is -2.25. The summed E-state index contributed by atoms with van der Waals surface area (Å²) in [7, 11) is 0. The Morgan fingerprint density at radius 1 is 0.447 bits per heavy atom. The minimum Gasteiger partial charge on any atom is -0.457 e. The van der Waals surface area contributed by atoms with Crippen LogP contribution in [0.25, 0.3) is 81.5 Å². The van der Waals surface area contributed by atoms with Gasteiger partial charge in [0.05, 0.1) is 32.8 Å². The van der Waals surface area contributed by atoms with Crippen molar-refractivity contribution in [2.75, 3.05) is 16.5 Å². The minimum absolute atomic E-state index is 0.0346. The SMILES string of the molecule is CC(C)(C)c1ccnc(-n2c3cc(Oc4cccc(N5CN(c6c(-c7cccc(-c8ccccc8)c7)cc(C(C)(C)C)cc6-c6cccc(-c7ccccc7)c6)c6ccccc65)c4)ccc3c3sc4ccccc4c32)c1. The van der Waals surface area contributed by atoms with Crippen molar-refractivity contribution >= 4 is 65.3 Å². The van der Waals surface area contributed by atoms with Gasteiger partial charge in [0.15, 0.2) is 0 Å². The van der Waals surface area contributed by atoms with E-state index in [1.807, 2.05) is 17.5 Å². The number of hydrogen-bond acceptors (Lipinski definition) is 5. The zero-order valence-electron chi connectivity index (χ0n) is 43.8. The van der Waals surface area contributed by atoms with Crippen LogP contribution in [-0.4, -0.2) is 16.2 Å². The number of rotatable bonds is 9. The Morgan fingerprint density at radius 2 is 1.01 bits per heavy atom. The van der Waals surface area contributed by atoms with Gasteiger partial charge in [-0.1, -0.05) is 175 Å². The van der Waals surface area contributed by atoms with Crippen LogP contribution in [0, 0.1) is 0 Å². The fourth-order valence-electron chi connectivity index (χ4n) is 11.0. The second-order valence-electron chi connectivity index (χ2n) is 22.1. The summed E-state index contributed by atoms with van der Waals surface area (Å²) in [6, 6.07) is 81.4. The standard InChI is InChI=1S/C70H58N4OS/c1-69(2,3)52-36-37-71-65(42-52)74-63-44-56(34-35-57(63)68-67(74)58-30-13-16-33-64(58)76-68)75-55-29-19-28-54(43-55)72-45-73(62-32-15-14-31-61(62)72)66-59(50-26-17-24-48(38-50)46-20-9-7-10-21-46)40-53(70(4,5)6)41-60(66)51-27-18-25-49(39-51)47-22-11-8-12-23-47/h7-44H,45H2,1-6H3. The van der Waals surface area contributed by atoms with Crippen LogP contribution in [-0.2, 0) is 10.8 Å². The molecule has 0 bridgehead atoms. The highest BCUT2D eigenvalue weighted by Crippen LogP contribution is 2.52. The molecule has 1 aliphatic rings. The molecule has 9 aromatic carbocycles. The maximum absolute atomic E-state index is 6.94. The second-order valence-corrected chi connectivity index (χ2v) is 23.1. The fraction of sp³-hybridized carbons (Fsp3) is 0.129. The van der Waals surface area contributed by atoms with E-state index in [0.717, 1.165) is 45.6 Å². The lowest BCUT2D eigenvalue weighted by molar-refractivity contribution is 0.483. The average Bonchev–Trinajstić information content (AvgIpc) is 4.20. The van der Waals surface area contributed by atoms with E-state index >= 15 is 0 Å². The maximum atomic E-state index is 6.94. The van der Waals surface area contributed by atoms with E-state index in [9.17, 15) is 0 Å². The second kappa shape index (κ2) is 18.6. The molecule has 0 atom stereocenters. The first-order valence-corrected chi connectivity index (χ1v) is 27.1. The molecule has 0 radical (unpaired) electrons. The summed E-state index contributed by atoms with van der Waals surface area (Å²) in [5.74, 6) is 2.43. The number of ether oxygens (including phenoxy) is 1. The van der Waals surface area contributed by atoms with Crippen LogP contribution in [0.3, 0.4) is 0 Å². The summed E-state index contributed by atoms with van der Waals surface area (Å²) in [5, 5.41) is 2.41. The predicted octanol–water partition coefficient (Wildman–Crippen LogP) is 19.7. The van der Waals surface area contributed by atoms with Crippen LogP contribution in [0.4, 0.5) is 22.7 Å². The van der Waals surface area contributed by atoms with Crippen LogP contribution >= 0.6 is 11.3 Å². The molecule has 3 aromatic heterocycles. The zero-order chi connectivity index (χ0) is 51.7. The van der Waals surface area contributed by atoms with E-state index in [-0.39, 0.29) is 10.8 Å². The molecule has 5 nitrogen and oxygen atoms in total. The first-order chi connectivity index (χ1) is 36.9. The van der Waals surface area contributed by atoms with Gasteiger partial charge < -0.3 is 14.5 Å². The van der Waals surface area contributed by atoms with Gasteiger partial charge in [0, 0.05) is 50.6 Å². The fourth-order valence-corrected chi connectivity index (χ4v) is 12.2. The molecule has 6 heteroatoms. The average molecular weight is 1000 g/mol. The Kier molecular flexibility index (Phi) is 11.5. The number of benzene rings is 9. The highest BCUT2D eigenvalue weighted by molar-refractivity contribution is 7.26.